The van der Waals surface area contributed by atoms with Crippen molar-refractivity contribution in [3.05, 3.63) is 28.8 Å². The van der Waals surface area contributed by atoms with Gasteiger partial charge in [-0.05, 0) is 43.9 Å². The van der Waals surface area contributed by atoms with Crippen molar-refractivity contribution in [3.63, 3.8) is 0 Å². The molecular formula is C16H21ClO4S. The molecule has 0 spiro atoms. The molecule has 1 fully saturated rings. The van der Waals surface area contributed by atoms with Crippen LogP contribution in [0.5, 0.6) is 0 Å². The van der Waals surface area contributed by atoms with Crippen molar-refractivity contribution in [2.45, 2.75) is 55.9 Å². The molecular weight excluding hydrogens is 324 g/mol. The molecule has 0 radical (unpaired) electrons. The van der Waals surface area contributed by atoms with Gasteiger partial charge in [0.05, 0.1) is 15.5 Å². The number of halogens is 1. The standard InChI is InChI=1S/C16H21ClO4S/c1-22(19,20)15-11-12(9-10-14(15)17)16(18)21-13-7-5-3-2-4-6-8-13/h9-11,13H,2-8H2,1H3. The number of carbonyl (C=O) groups is 1. The van der Waals surface area contributed by atoms with Crippen molar-refractivity contribution >= 4 is 27.4 Å². The van der Waals surface area contributed by atoms with Gasteiger partial charge in [0.25, 0.3) is 0 Å². The maximum Gasteiger partial charge on any atom is 0.338 e. The molecule has 0 N–H and O–H groups in total. The Kier molecular flexibility index (Phi) is 5.87. The highest BCUT2D eigenvalue weighted by atomic mass is 35.5. The maximum atomic E-state index is 12.2. The third-order valence-electron chi connectivity index (χ3n) is 3.89. The van der Waals surface area contributed by atoms with E-state index in [0.29, 0.717) is 0 Å². The molecule has 6 heteroatoms. The van der Waals surface area contributed by atoms with Crippen molar-refractivity contribution in [3.8, 4) is 0 Å². The first kappa shape index (κ1) is 17.3. The van der Waals surface area contributed by atoms with Crippen LogP contribution in [-0.2, 0) is 14.6 Å². The van der Waals surface area contributed by atoms with Crippen molar-refractivity contribution in [1.82, 2.24) is 0 Å². The van der Waals surface area contributed by atoms with Gasteiger partial charge in [0.1, 0.15) is 6.10 Å². The van der Waals surface area contributed by atoms with Gasteiger partial charge in [0, 0.05) is 6.26 Å². The summed E-state index contributed by atoms with van der Waals surface area (Å²) >= 11 is 5.89. The summed E-state index contributed by atoms with van der Waals surface area (Å²) in [6.07, 6.45) is 8.45. The molecule has 0 aromatic heterocycles. The molecule has 1 saturated carbocycles. The molecule has 0 heterocycles. The minimum atomic E-state index is -3.47. The third-order valence-corrected chi connectivity index (χ3v) is 5.47. The van der Waals surface area contributed by atoms with Gasteiger partial charge in [-0.15, -0.1) is 0 Å². The SMILES string of the molecule is CS(=O)(=O)c1cc(C(=O)OC2CCCCCCC2)ccc1Cl. The molecule has 0 amide bonds. The summed E-state index contributed by atoms with van der Waals surface area (Å²) in [7, 11) is -3.47. The van der Waals surface area contributed by atoms with Gasteiger partial charge in [-0.25, -0.2) is 13.2 Å². The Labute approximate surface area is 136 Å². The largest absolute Gasteiger partial charge is 0.459 e. The van der Waals surface area contributed by atoms with Gasteiger partial charge in [0.2, 0.25) is 0 Å². The van der Waals surface area contributed by atoms with Crippen LogP contribution in [0.15, 0.2) is 23.1 Å². The molecule has 122 valence electrons. The molecule has 1 aliphatic carbocycles. The maximum absolute atomic E-state index is 12.2. The topological polar surface area (TPSA) is 60.4 Å². The summed E-state index contributed by atoms with van der Waals surface area (Å²) in [5.74, 6) is -0.479. The number of rotatable bonds is 3. The van der Waals surface area contributed by atoms with Crippen LogP contribution in [0.4, 0.5) is 0 Å². The van der Waals surface area contributed by atoms with Crippen LogP contribution < -0.4 is 0 Å². The van der Waals surface area contributed by atoms with E-state index < -0.39 is 15.8 Å². The summed E-state index contributed by atoms with van der Waals surface area (Å²) in [5, 5.41) is 0.116. The first-order valence-electron chi connectivity index (χ1n) is 7.58. The molecule has 2 rings (SSSR count). The summed E-state index contributed by atoms with van der Waals surface area (Å²) in [4.78, 5) is 12.2. The first-order valence-corrected chi connectivity index (χ1v) is 9.85. The second-order valence-corrected chi connectivity index (χ2v) is 8.18. The number of ether oxygens (including phenoxy) is 1. The van der Waals surface area contributed by atoms with E-state index >= 15 is 0 Å². The van der Waals surface area contributed by atoms with Crippen molar-refractivity contribution in [2.75, 3.05) is 6.26 Å². The normalized spacial score (nSPS) is 17.5. The lowest BCUT2D eigenvalue weighted by atomic mass is 9.98. The van der Waals surface area contributed by atoms with Crippen LogP contribution >= 0.6 is 11.6 Å². The average molecular weight is 345 g/mol. The highest BCUT2D eigenvalue weighted by Crippen LogP contribution is 2.24. The molecule has 0 bridgehead atoms. The van der Waals surface area contributed by atoms with E-state index in [1.165, 1.54) is 37.5 Å². The van der Waals surface area contributed by atoms with Gasteiger partial charge in [0.15, 0.2) is 9.84 Å². The van der Waals surface area contributed by atoms with E-state index in [1.807, 2.05) is 0 Å². The Bertz CT molecular complexity index is 632. The zero-order valence-electron chi connectivity index (χ0n) is 12.7. The van der Waals surface area contributed by atoms with Crippen molar-refractivity contribution < 1.29 is 17.9 Å². The minimum absolute atomic E-state index is 0.0405. The molecule has 0 unspecified atom stereocenters. The summed E-state index contributed by atoms with van der Waals surface area (Å²) < 4.78 is 28.9. The van der Waals surface area contributed by atoms with E-state index in [9.17, 15) is 13.2 Å². The number of esters is 1. The third kappa shape index (κ3) is 4.71. The molecule has 4 nitrogen and oxygen atoms in total. The predicted molar refractivity (Wildman–Crippen MR) is 86.1 cm³/mol. The van der Waals surface area contributed by atoms with Gasteiger partial charge in [-0.1, -0.05) is 30.9 Å². The molecule has 1 aromatic carbocycles. The monoisotopic (exact) mass is 344 g/mol. The van der Waals surface area contributed by atoms with Gasteiger partial charge in [-0.2, -0.15) is 0 Å². The summed E-state index contributed by atoms with van der Waals surface area (Å²) in [6.45, 7) is 0. The number of sulfone groups is 1. The van der Waals surface area contributed by atoms with Crippen molar-refractivity contribution in [2.24, 2.45) is 0 Å². The molecule has 22 heavy (non-hydrogen) atoms. The van der Waals surface area contributed by atoms with E-state index in [2.05, 4.69) is 0 Å². The van der Waals surface area contributed by atoms with Crippen molar-refractivity contribution in [1.29, 1.82) is 0 Å². The lowest BCUT2D eigenvalue weighted by molar-refractivity contribution is 0.0239. The minimum Gasteiger partial charge on any atom is -0.459 e. The Balaban J connectivity index is 2.12. The Morgan fingerprint density at radius 1 is 1.14 bits per heavy atom. The van der Waals surface area contributed by atoms with Crippen LogP contribution in [0.1, 0.15) is 55.3 Å². The van der Waals surface area contributed by atoms with Crippen LogP contribution in [0, 0.1) is 0 Å². The highest BCUT2D eigenvalue weighted by Gasteiger charge is 2.20. The lowest BCUT2D eigenvalue weighted by Crippen LogP contribution is -2.19. The van der Waals surface area contributed by atoms with Gasteiger partial charge < -0.3 is 4.74 Å². The van der Waals surface area contributed by atoms with E-state index in [4.69, 9.17) is 16.3 Å². The fourth-order valence-electron chi connectivity index (χ4n) is 2.67. The van der Waals surface area contributed by atoms with Crippen LogP contribution in [0.25, 0.3) is 0 Å². The summed E-state index contributed by atoms with van der Waals surface area (Å²) in [6, 6.07) is 4.22. The fourth-order valence-corrected chi connectivity index (χ4v) is 3.97. The Morgan fingerprint density at radius 3 is 2.32 bits per heavy atom. The fraction of sp³-hybridized carbons (Fsp3) is 0.562. The van der Waals surface area contributed by atoms with Crippen LogP contribution in [0.2, 0.25) is 5.02 Å². The van der Waals surface area contributed by atoms with Gasteiger partial charge >= 0.3 is 5.97 Å². The zero-order chi connectivity index (χ0) is 16.2. The molecule has 1 aliphatic rings. The molecule has 0 atom stereocenters. The number of hydrogen-bond acceptors (Lipinski definition) is 4. The quantitative estimate of drug-likeness (QED) is 0.777. The highest BCUT2D eigenvalue weighted by molar-refractivity contribution is 7.90. The average Bonchev–Trinajstić information content (AvgIpc) is 2.40. The van der Waals surface area contributed by atoms with Crippen LogP contribution in [-0.4, -0.2) is 26.7 Å². The molecule has 0 saturated heterocycles. The van der Waals surface area contributed by atoms with Crippen LogP contribution in [0.3, 0.4) is 0 Å². The second kappa shape index (κ2) is 7.47. The smallest absolute Gasteiger partial charge is 0.338 e. The van der Waals surface area contributed by atoms with Gasteiger partial charge in [-0.3, -0.25) is 0 Å². The molecule has 1 aromatic rings. The Hall–Kier alpha value is -1.07. The predicted octanol–water partition coefficient (Wildman–Crippen LogP) is 4.01. The lowest BCUT2D eigenvalue weighted by Gasteiger charge is -2.20. The second-order valence-electron chi connectivity index (χ2n) is 5.79. The van der Waals surface area contributed by atoms with E-state index in [-0.39, 0.29) is 21.6 Å². The summed E-state index contributed by atoms with van der Waals surface area (Å²) in [5.41, 5.74) is 0.229. The Morgan fingerprint density at radius 2 is 1.73 bits per heavy atom. The number of carbonyl (C=O) groups excluding carboxylic acids is 1. The molecule has 0 aliphatic heterocycles. The first-order chi connectivity index (χ1) is 10.4. The van der Waals surface area contributed by atoms with E-state index in [0.717, 1.165) is 31.9 Å². The van der Waals surface area contributed by atoms with E-state index in [1.54, 1.807) is 0 Å². The number of benzene rings is 1. The number of hydrogen-bond donors (Lipinski definition) is 0. The zero-order valence-corrected chi connectivity index (χ0v) is 14.3.